The van der Waals surface area contributed by atoms with Gasteiger partial charge < -0.3 is 4.42 Å². The third kappa shape index (κ3) is 14.6. The minimum absolute atomic E-state index is 0.375. The summed E-state index contributed by atoms with van der Waals surface area (Å²) in [4.78, 5) is 29.6. The molecular formula is C22H26O4. The Morgan fingerprint density at radius 2 is 1.62 bits per heavy atom. The normalized spacial score (nSPS) is 9.73. The van der Waals surface area contributed by atoms with Crippen molar-refractivity contribution in [2.45, 2.75) is 32.6 Å². The van der Waals surface area contributed by atoms with Crippen molar-refractivity contribution >= 4 is 18.9 Å². The van der Waals surface area contributed by atoms with Crippen molar-refractivity contribution in [3.63, 3.8) is 0 Å². The molecule has 0 saturated carbocycles. The Morgan fingerprint density at radius 1 is 0.846 bits per heavy atom. The van der Waals surface area contributed by atoms with Gasteiger partial charge >= 0.3 is 0 Å². The number of aldehydes is 3. The molecule has 0 radical (unpaired) electrons. The second kappa shape index (κ2) is 18.3. The first-order chi connectivity index (χ1) is 12.8. The summed E-state index contributed by atoms with van der Waals surface area (Å²) >= 11 is 0. The van der Waals surface area contributed by atoms with Crippen LogP contribution in [-0.4, -0.2) is 18.9 Å². The third-order valence-corrected chi connectivity index (χ3v) is 3.01. The van der Waals surface area contributed by atoms with Crippen LogP contribution in [-0.2, 0) is 4.79 Å². The van der Waals surface area contributed by atoms with Crippen LogP contribution in [0, 0.1) is 0 Å². The van der Waals surface area contributed by atoms with E-state index in [-0.39, 0.29) is 0 Å². The van der Waals surface area contributed by atoms with Gasteiger partial charge in [-0.25, -0.2) is 0 Å². The zero-order valence-corrected chi connectivity index (χ0v) is 15.1. The second-order valence-corrected chi connectivity index (χ2v) is 5.11. The third-order valence-electron chi connectivity index (χ3n) is 3.01. The standard InChI is InChI=1S/C10H16O.C7H6O.C5H4O2/c1-2-3-4-5-6-7-8-9-10-11;8-6-7-4-2-1-3-5-7;6-4-5-2-1-3-7-5/h6-10H,2-5H2,1H3;1-6H;1-4H. The van der Waals surface area contributed by atoms with Gasteiger partial charge in [0.1, 0.15) is 12.6 Å². The van der Waals surface area contributed by atoms with Gasteiger partial charge in [0.05, 0.1) is 6.26 Å². The molecule has 1 heterocycles. The minimum Gasteiger partial charge on any atom is -0.462 e. The van der Waals surface area contributed by atoms with Crippen molar-refractivity contribution in [2.24, 2.45) is 0 Å². The average Bonchev–Trinajstić information content (AvgIpc) is 3.23. The monoisotopic (exact) mass is 354 g/mol. The van der Waals surface area contributed by atoms with E-state index in [9.17, 15) is 14.4 Å². The van der Waals surface area contributed by atoms with E-state index >= 15 is 0 Å². The van der Waals surface area contributed by atoms with Crippen LogP contribution in [0.25, 0.3) is 0 Å². The molecule has 0 N–H and O–H groups in total. The van der Waals surface area contributed by atoms with Gasteiger partial charge in [-0.3, -0.25) is 14.4 Å². The maximum Gasteiger partial charge on any atom is 0.185 e. The lowest BCUT2D eigenvalue weighted by Crippen LogP contribution is -1.73. The van der Waals surface area contributed by atoms with E-state index in [1.807, 2.05) is 24.3 Å². The van der Waals surface area contributed by atoms with Crippen molar-refractivity contribution in [3.8, 4) is 0 Å². The summed E-state index contributed by atoms with van der Waals surface area (Å²) in [6.45, 7) is 2.19. The van der Waals surface area contributed by atoms with Gasteiger partial charge in [-0.2, -0.15) is 0 Å². The zero-order valence-electron chi connectivity index (χ0n) is 15.1. The number of carbonyl (C=O) groups excluding carboxylic acids is 3. The lowest BCUT2D eigenvalue weighted by atomic mass is 10.2. The predicted octanol–water partition coefficient (Wildman–Crippen LogP) is 5.47. The molecule has 0 amide bonds. The second-order valence-electron chi connectivity index (χ2n) is 5.11. The number of allylic oxidation sites excluding steroid dienone is 4. The SMILES string of the molecule is CCCCCC=CC=CC=O.O=Cc1ccccc1.O=Cc1ccco1. The largest absolute Gasteiger partial charge is 0.462 e. The van der Waals surface area contributed by atoms with E-state index in [1.165, 1.54) is 31.6 Å². The van der Waals surface area contributed by atoms with Crippen molar-refractivity contribution in [3.05, 3.63) is 84.4 Å². The molecule has 2 aromatic rings. The molecule has 0 atom stereocenters. The van der Waals surface area contributed by atoms with E-state index in [0.29, 0.717) is 12.0 Å². The molecule has 4 heteroatoms. The summed E-state index contributed by atoms with van der Waals surface area (Å²) in [5, 5.41) is 0. The number of rotatable bonds is 8. The molecule has 0 spiro atoms. The van der Waals surface area contributed by atoms with Gasteiger partial charge in [-0.15, -0.1) is 0 Å². The fourth-order valence-electron chi connectivity index (χ4n) is 1.69. The van der Waals surface area contributed by atoms with Crippen LogP contribution in [0.3, 0.4) is 0 Å². The number of hydrogen-bond acceptors (Lipinski definition) is 4. The van der Waals surface area contributed by atoms with Crippen LogP contribution in [0.15, 0.2) is 77.4 Å². The predicted molar refractivity (Wildman–Crippen MR) is 104 cm³/mol. The van der Waals surface area contributed by atoms with E-state index in [2.05, 4.69) is 17.4 Å². The number of hydrogen-bond donors (Lipinski definition) is 0. The highest BCUT2D eigenvalue weighted by molar-refractivity contribution is 5.74. The fraction of sp³-hybridized carbons (Fsp3) is 0.227. The van der Waals surface area contributed by atoms with Crippen molar-refractivity contribution in [2.75, 3.05) is 0 Å². The molecule has 2 rings (SSSR count). The Kier molecular flexibility index (Phi) is 16.2. The van der Waals surface area contributed by atoms with Gasteiger partial charge in [0.2, 0.25) is 0 Å². The van der Waals surface area contributed by atoms with Gasteiger partial charge in [0.15, 0.2) is 12.0 Å². The fourth-order valence-corrected chi connectivity index (χ4v) is 1.69. The van der Waals surface area contributed by atoms with Crippen LogP contribution < -0.4 is 0 Å². The highest BCUT2D eigenvalue weighted by Gasteiger charge is 1.84. The Balaban J connectivity index is 0.000000370. The zero-order chi connectivity index (χ0) is 19.3. The first-order valence-corrected chi connectivity index (χ1v) is 8.54. The highest BCUT2D eigenvalue weighted by Crippen LogP contribution is 1.99. The Hall–Kier alpha value is -3.01. The maximum absolute atomic E-state index is 10.0. The van der Waals surface area contributed by atoms with Crippen LogP contribution in [0.5, 0.6) is 0 Å². The number of carbonyl (C=O) groups is 3. The van der Waals surface area contributed by atoms with E-state index in [1.54, 1.807) is 30.3 Å². The lowest BCUT2D eigenvalue weighted by Gasteiger charge is -1.89. The Labute approximate surface area is 155 Å². The van der Waals surface area contributed by atoms with Gasteiger partial charge in [0, 0.05) is 5.56 Å². The molecular weight excluding hydrogens is 328 g/mol. The Morgan fingerprint density at radius 3 is 2.08 bits per heavy atom. The van der Waals surface area contributed by atoms with E-state index in [0.717, 1.165) is 24.6 Å². The molecule has 1 aromatic heterocycles. The Bertz CT molecular complexity index is 625. The average molecular weight is 354 g/mol. The summed E-state index contributed by atoms with van der Waals surface area (Å²) in [7, 11) is 0. The minimum atomic E-state index is 0.375. The lowest BCUT2D eigenvalue weighted by molar-refractivity contribution is -0.104. The summed E-state index contributed by atoms with van der Waals surface area (Å²) in [5.74, 6) is 0.375. The van der Waals surface area contributed by atoms with Crippen LogP contribution >= 0.6 is 0 Å². The van der Waals surface area contributed by atoms with Crippen LogP contribution in [0.1, 0.15) is 53.5 Å². The molecule has 138 valence electrons. The quantitative estimate of drug-likeness (QED) is 0.273. The molecule has 0 aliphatic rings. The van der Waals surface area contributed by atoms with E-state index in [4.69, 9.17) is 0 Å². The topological polar surface area (TPSA) is 64.3 Å². The van der Waals surface area contributed by atoms with E-state index < -0.39 is 0 Å². The molecule has 0 saturated heterocycles. The maximum atomic E-state index is 10.0. The number of furan rings is 1. The molecule has 0 fully saturated rings. The van der Waals surface area contributed by atoms with Crippen LogP contribution in [0.2, 0.25) is 0 Å². The number of unbranched alkanes of at least 4 members (excludes halogenated alkanes) is 3. The van der Waals surface area contributed by atoms with Crippen LogP contribution in [0.4, 0.5) is 0 Å². The van der Waals surface area contributed by atoms with Gasteiger partial charge in [-0.05, 0) is 31.1 Å². The first kappa shape index (κ1) is 23.0. The molecule has 0 bridgehead atoms. The first-order valence-electron chi connectivity index (χ1n) is 8.54. The van der Waals surface area contributed by atoms with Crippen molar-refractivity contribution in [1.29, 1.82) is 0 Å². The summed E-state index contributed by atoms with van der Waals surface area (Å²) < 4.78 is 4.61. The molecule has 26 heavy (non-hydrogen) atoms. The van der Waals surface area contributed by atoms with Gasteiger partial charge in [0.25, 0.3) is 0 Å². The summed E-state index contributed by atoms with van der Waals surface area (Å²) in [6, 6.07) is 12.4. The number of benzene rings is 1. The van der Waals surface area contributed by atoms with Crippen molar-refractivity contribution < 1.29 is 18.8 Å². The molecule has 1 aromatic carbocycles. The molecule has 0 aliphatic carbocycles. The summed E-state index contributed by atoms with van der Waals surface area (Å²) in [6.07, 6.45) is 16.0. The summed E-state index contributed by atoms with van der Waals surface area (Å²) in [5.41, 5.74) is 0.729. The molecule has 0 aliphatic heterocycles. The van der Waals surface area contributed by atoms with Gasteiger partial charge in [-0.1, -0.05) is 68.3 Å². The smallest absolute Gasteiger partial charge is 0.185 e. The van der Waals surface area contributed by atoms with Crippen molar-refractivity contribution in [1.82, 2.24) is 0 Å². The molecule has 4 nitrogen and oxygen atoms in total. The molecule has 0 unspecified atom stereocenters. The highest BCUT2D eigenvalue weighted by atomic mass is 16.3.